The lowest BCUT2D eigenvalue weighted by Gasteiger charge is -2.18. The zero-order valence-corrected chi connectivity index (χ0v) is 46.6. The molecule has 406 valence electrons. The zero-order valence-electron chi connectivity index (χ0n) is 46.6. The molecule has 0 aliphatic heterocycles. The number of rotatable bonds is 57. The first-order valence-corrected chi connectivity index (χ1v) is 30.8. The van der Waals surface area contributed by atoms with Gasteiger partial charge in [0.1, 0.15) is 13.2 Å². The van der Waals surface area contributed by atoms with Crippen LogP contribution in [0, 0.1) is 0 Å². The second-order valence-electron chi connectivity index (χ2n) is 21.0. The van der Waals surface area contributed by atoms with Crippen LogP contribution < -0.4 is 0 Å². The molecular weight excluding hydrogens is 853 g/mol. The van der Waals surface area contributed by atoms with Gasteiger partial charge in [-0.2, -0.15) is 0 Å². The summed E-state index contributed by atoms with van der Waals surface area (Å²) in [6, 6.07) is 0. The molecule has 0 heterocycles. The molecule has 0 aliphatic carbocycles. The van der Waals surface area contributed by atoms with Crippen LogP contribution in [0.25, 0.3) is 0 Å². The normalized spacial score (nSPS) is 12.1. The van der Waals surface area contributed by atoms with E-state index in [0.29, 0.717) is 19.3 Å². The lowest BCUT2D eigenvalue weighted by molar-refractivity contribution is -0.167. The van der Waals surface area contributed by atoms with Gasteiger partial charge in [-0.3, -0.25) is 14.4 Å². The van der Waals surface area contributed by atoms with Crippen LogP contribution in [0.3, 0.4) is 0 Å². The zero-order chi connectivity index (χ0) is 50.0. The third kappa shape index (κ3) is 56.7. The van der Waals surface area contributed by atoms with E-state index >= 15 is 0 Å². The fourth-order valence-electron chi connectivity index (χ4n) is 9.25. The van der Waals surface area contributed by atoms with E-state index in [0.717, 1.165) is 70.6 Å². The first-order chi connectivity index (χ1) is 34.0. The summed E-state index contributed by atoms with van der Waals surface area (Å²) in [4.78, 5) is 37.7. The van der Waals surface area contributed by atoms with E-state index in [9.17, 15) is 14.4 Å². The third-order valence-electron chi connectivity index (χ3n) is 13.9. The summed E-state index contributed by atoms with van der Waals surface area (Å²) in [6.07, 6.45) is 69.8. The Morgan fingerprint density at radius 1 is 0.275 bits per heavy atom. The van der Waals surface area contributed by atoms with Crippen molar-refractivity contribution in [1.29, 1.82) is 0 Å². The Morgan fingerprint density at radius 2 is 0.493 bits per heavy atom. The number of hydrogen-bond donors (Lipinski definition) is 0. The fraction of sp³-hybridized carbons (Fsp3) is 0.889. The quantitative estimate of drug-likeness (QED) is 0.0261. The van der Waals surface area contributed by atoms with Crippen molar-refractivity contribution in [3.8, 4) is 0 Å². The molecule has 6 nitrogen and oxygen atoms in total. The Hall–Kier alpha value is -2.11. The maximum atomic E-state index is 12.7. The van der Waals surface area contributed by atoms with Gasteiger partial charge in [-0.25, -0.2) is 0 Å². The van der Waals surface area contributed by atoms with Crippen LogP contribution in [-0.2, 0) is 28.6 Å². The predicted octanol–water partition coefficient (Wildman–Crippen LogP) is 20.7. The summed E-state index contributed by atoms with van der Waals surface area (Å²) in [5, 5.41) is 0. The number of carbonyl (C=O) groups is 3. The monoisotopic (exact) mass is 971 g/mol. The number of ether oxygens (including phenoxy) is 3. The molecule has 0 rings (SSSR count). The van der Waals surface area contributed by atoms with Crippen LogP contribution in [0.2, 0.25) is 0 Å². The lowest BCUT2D eigenvalue weighted by atomic mass is 10.0. The van der Waals surface area contributed by atoms with Gasteiger partial charge in [-0.15, -0.1) is 0 Å². The summed E-state index contributed by atoms with van der Waals surface area (Å²) >= 11 is 0. The Balaban J connectivity index is 3.78. The molecule has 0 spiro atoms. The van der Waals surface area contributed by atoms with Crippen molar-refractivity contribution >= 4 is 17.9 Å². The van der Waals surface area contributed by atoms with Gasteiger partial charge in [-0.05, 0) is 64.2 Å². The molecule has 0 aromatic carbocycles. The molecule has 0 fully saturated rings. The van der Waals surface area contributed by atoms with Gasteiger partial charge < -0.3 is 14.2 Å². The first-order valence-electron chi connectivity index (χ1n) is 30.8. The molecule has 0 radical (unpaired) electrons. The summed E-state index contributed by atoms with van der Waals surface area (Å²) in [7, 11) is 0. The smallest absolute Gasteiger partial charge is 0.306 e. The minimum Gasteiger partial charge on any atom is -0.462 e. The Labute approximate surface area is 430 Å². The molecular formula is C63H118O6. The van der Waals surface area contributed by atoms with Crippen molar-refractivity contribution in [3.05, 3.63) is 24.3 Å². The van der Waals surface area contributed by atoms with Crippen molar-refractivity contribution in [2.45, 2.75) is 348 Å². The number of unbranched alkanes of at least 4 members (excludes halogenated alkanes) is 42. The van der Waals surface area contributed by atoms with Crippen LogP contribution in [0.1, 0.15) is 342 Å². The molecule has 1 unspecified atom stereocenters. The standard InChI is InChI=1S/C63H118O6/c1-4-7-10-13-15-17-19-20-21-22-23-24-25-26-27-28-29-30-31-32-33-34-35-36-37-38-39-40-41-42-44-45-47-50-53-56-62(65)68-59-60(58-67-61(64)55-52-49-12-9-6-3)69-63(66)57-54-51-48-46-43-18-16-14-11-8-5-2/h14,16,22-23,60H,4-13,15,17-21,24-59H2,1-3H3/b16-14-,23-22-. The number of hydrogen-bond acceptors (Lipinski definition) is 6. The lowest BCUT2D eigenvalue weighted by Crippen LogP contribution is -2.30. The molecule has 69 heavy (non-hydrogen) atoms. The highest BCUT2D eigenvalue weighted by Gasteiger charge is 2.19. The van der Waals surface area contributed by atoms with E-state index in [1.54, 1.807) is 0 Å². The summed E-state index contributed by atoms with van der Waals surface area (Å²) in [5.41, 5.74) is 0. The minimum atomic E-state index is -0.767. The summed E-state index contributed by atoms with van der Waals surface area (Å²) in [6.45, 7) is 6.54. The van der Waals surface area contributed by atoms with Crippen molar-refractivity contribution in [2.24, 2.45) is 0 Å². The average Bonchev–Trinajstić information content (AvgIpc) is 3.35. The minimum absolute atomic E-state index is 0.0708. The number of esters is 3. The fourth-order valence-corrected chi connectivity index (χ4v) is 9.25. The molecule has 0 amide bonds. The molecule has 0 aliphatic rings. The highest BCUT2D eigenvalue weighted by atomic mass is 16.6. The number of allylic oxidation sites excluding steroid dienone is 4. The SMILES string of the molecule is CCCC/C=C\CCCCCCCC(=O)OC(COC(=O)CCCCCCC)COC(=O)CCCCCCCCCCCCCCCCCCCCCCCCC/C=C\CCCCCCCCCC. The molecule has 0 saturated carbocycles. The van der Waals surface area contributed by atoms with Gasteiger partial charge >= 0.3 is 17.9 Å². The maximum Gasteiger partial charge on any atom is 0.306 e. The second-order valence-corrected chi connectivity index (χ2v) is 21.0. The van der Waals surface area contributed by atoms with E-state index < -0.39 is 6.10 Å². The first kappa shape index (κ1) is 66.9. The topological polar surface area (TPSA) is 78.9 Å². The second kappa shape index (κ2) is 58.5. The molecule has 0 aromatic heterocycles. The Kier molecular flexibility index (Phi) is 56.7. The Morgan fingerprint density at radius 3 is 0.768 bits per heavy atom. The van der Waals surface area contributed by atoms with Crippen molar-refractivity contribution in [2.75, 3.05) is 13.2 Å². The van der Waals surface area contributed by atoms with Gasteiger partial charge in [0.15, 0.2) is 6.10 Å². The van der Waals surface area contributed by atoms with Crippen molar-refractivity contribution in [1.82, 2.24) is 0 Å². The van der Waals surface area contributed by atoms with Crippen LogP contribution >= 0.6 is 0 Å². The van der Waals surface area contributed by atoms with Crippen LogP contribution in [-0.4, -0.2) is 37.2 Å². The third-order valence-corrected chi connectivity index (χ3v) is 13.9. The summed E-state index contributed by atoms with van der Waals surface area (Å²) in [5.74, 6) is -0.880. The van der Waals surface area contributed by atoms with Gasteiger partial charge in [-0.1, -0.05) is 283 Å². The Bertz CT molecular complexity index is 1110. The maximum absolute atomic E-state index is 12.7. The largest absolute Gasteiger partial charge is 0.462 e. The van der Waals surface area contributed by atoms with E-state index in [1.165, 1.54) is 231 Å². The van der Waals surface area contributed by atoms with E-state index in [2.05, 4.69) is 45.1 Å². The van der Waals surface area contributed by atoms with Crippen LogP contribution in [0.4, 0.5) is 0 Å². The predicted molar refractivity (Wildman–Crippen MR) is 298 cm³/mol. The van der Waals surface area contributed by atoms with Crippen molar-refractivity contribution in [3.63, 3.8) is 0 Å². The van der Waals surface area contributed by atoms with Crippen molar-refractivity contribution < 1.29 is 28.6 Å². The van der Waals surface area contributed by atoms with Crippen LogP contribution in [0.15, 0.2) is 24.3 Å². The molecule has 0 bridgehead atoms. The molecule has 0 N–H and O–H groups in total. The molecule has 0 saturated heterocycles. The molecule has 0 aromatic rings. The van der Waals surface area contributed by atoms with Gasteiger partial charge in [0, 0.05) is 19.3 Å². The highest BCUT2D eigenvalue weighted by Crippen LogP contribution is 2.18. The van der Waals surface area contributed by atoms with Gasteiger partial charge in [0.25, 0.3) is 0 Å². The average molecular weight is 972 g/mol. The van der Waals surface area contributed by atoms with E-state index in [-0.39, 0.29) is 31.1 Å². The highest BCUT2D eigenvalue weighted by molar-refractivity contribution is 5.71. The van der Waals surface area contributed by atoms with Crippen LogP contribution in [0.5, 0.6) is 0 Å². The number of carbonyl (C=O) groups excluding carboxylic acids is 3. The molecule has 1 atom stereocenters. The summed E-state index contributed by atoms with van der Waals surface area (Å²) < 4.78 is 16.7. The van der Waals surface area contributed by atoms with E-state index in [4.69, 9.17) is 14.2 Å². The van der Waals surface area contributed by atoms with Gasteiger partial charge in [0.2, 0.25) is 0 Å². The van der Waals surface area contributed by atoms with E-state index in [1.807, 2.05) is 0 Å². The molecule has 6 heteroatoms. The van der Waals surface area contributed by atoms with Gasteiger partial charge in [0.05, 0.1) is 0 Å².